The van der Waals surface area contributed by atoms with Gasteiger partial charge in [-0.3, -0.25) is 9.98 Å². The van der Waals surface area contributed by atoms with E-state index in [-0.39, 0.29) is 0 Å². The predicted molar refractivity (Wildman–Crippen MR) is 175 cm³/mol. The quantitative estimate of drug-likeness (QED) is 0.156. The Hall–Kier alpha value is -4.18. The van der Waals surface area contributed by atoms with Crippen LogP contribution in [0.25, 0.3) is 21.8 Å². The summed E-state index contributed by atoms with van der Waals surface area (Å²) in [4.78, 5) is 10.5. The maximum absolute atomic E-state index is 5.27. The molecule has 2 saturated carbocycles. The van der Waals surface area contributed by atoms with Crippen molar-refractivity contribution in [2.24, 2.45) is 21.8 Å². The highest BCUT2D eigenvalue weighted by Gasteiger charge is 2.26. The highest BCUT2D eigenvalue weighted by atomic mass is 15.1. The maximum Gasteiger partial charge on any atom is 0.103 e. The molecule has 0 bridgehead atoms. The summed E-state index contributed by atoms with van der Waals surface area (Å²) in [6.45, 7) is 0. The topological polar surface area (TPSA) is 50.5 Å². The van der Waals surface area contributed by atoms with Crippen LogP contribution in [0, 0.1) is 11.8 Å². The minimum Gasteiger partial charge on any atom is -0.252 e. The zero-order valence-electron chi connectivity index (χ0n) is 24.3. The molecule has 1 heterocycles. The van der Waals surface area contributed by atoms with Gasteiger partial charge in [-0.05, 0) is 49.9 Å². The molecule has 4 nitrogen and oxygen atoms in total. The van der Waals surface area contributed by atoms with Crippen LogP contribution in [-0.4, -0.2) is 21.6 Å². The Bertz CT molecular complexity index is 1600. The van der Waals surface area contributed by atoms with E-state index < -0.39 is 0 Å². The molecular weight excluding hydrogens is 512 g/mol. The van der Waals surface area contributed by atoms with Gasteiger partial charge in [0.05, 0.1) is 22.8 Å². The molecule has 0 spiro atoms. The molecule has 0 amide bonds. The van der Waals surface area contributed by atoms with Crippen molar-refractivity contribution in [1.82, 2.24) is 10.2 Å². The Labute approximate surface area is 248 Å². The number of aromatic nitrogens is 2. The molecule has 0 N–H and O–H groups in total. The van der Waals surface area contributed by atoms with Crippen LogP contribution in [0.1, 0.15) is 75.3 Å². The van der Waals surface area contributed by atoms with Crippen molar-refractivity contribution in [1.29, 1.82) is 0 Å². The fraction of sp³-hybridized carbons (Fsp3) is 0.316. The third-order valence-electron chi connectivity index (χ3n) is 9.16. The van der Waals surface area contributed by atoms with E-state index in [9.17, 15) is 0 Å². The van der Waals surface area contributed by atoms with Gasteiger partial charge in [0.25, 0.3) is 0 Å². The van der Waals surface area contributed by atoms with Crippen molar-refractivity contribution in [3.8, 4) is 0 Å². The third kappa shape index (κ3) is 5.51. The Morgan fingerprint density at radius 2 is 0.857 bits per heavy atom. The first-order valence-corrected chi connectivity index (χ1v) is 15.8. The number of nitrogens with zero attached hydrogens (tertiary/aromatic N) is 4. The van der Waals surface area contributed by atoms with Crippen molar-refractivity contribution < 1.29 is 0 Å². The molecular formula is C38H38N4. The lowest BCUT2D eigenvalue weighted by Gasteiger charge is -2.25. The number of fused-ring (bicyclic) bond motifs is 3. The van der Waals surface area contributed by atoms with Crippen molar-refractivity contribution in [3.05, 3.63) is 108 Å². The Kier molecular flexibility index (Phi) is 7.86. The molecule has 0 radical (unpaired) electrons. The van der Waals surface area contributed by atoms with E-state index in [1.165, 1.54) is 64.2 Å². The summed E-state index contributed by atoms with van der Waals surface area (Å²) >= 11 is 0. The smallest absolute Gasteiger partial charge is 0.103 e. The van der Waals surface area contributed by atoms with Crippen LogP contribution >= 0.6 is 0 Å². The summed E-state index contributed by atoms with van der Waals surface area (Å²) in [5.74, 6) is 0.869. The monoisotopic (exact) mass is 550 g/mol. The Morgan fingerprint density at radius 1 is 0.452 bits per heavy atom. The van der Waals surface area contributed by atoms with Crippen LogP contribution in [0.3, 0.4) is 0 Å². The van der Waals surface area contributed by atoms with E-state index in [0.29, 0.717) is 11.8 Å². The van der Waals surface area contributed by atoms with Crippen LogP contribution in [0.4, 0.5) is 11.4 Å². The van der Waals surface area contributed by atoms with Gasteiger partial charge >= 0.3 is 0 Å². The number of hydrogen-bond donors (Lipinski definition) is 0. The number of rotatable bonds is 6. The van der Waals surface area contributed by atoms with Crippen molar-refractivity contribution in [2.45, 2.75) is 64.2 Å². The fourth-order valence-corrected chi connectivity index (χ4v) is 7.03. The number of aliphatic imine (C=N–C) groups is 2. The molecule has 0 aliphatic heterocycles. The van der Waals surface area contributed by atoms with E-state index >= 15 is 0 Å². The lowest BCUT2D eigenvalue weighted by Crippen LogP contribution is -2.20. The van der Waals surface area contributed by atoms with E-state index in [2.05, 4.69) is 97.1 Å². The molecule has 0 saturated heterocycles. The summed E-state index contributed by atoms with van der Waals surface area (Å²) in [6.07, 6.45) is 12.3. The van der Waals surface area contributed by atoms with Gasteiger partial charge in [0.2, 0.25) is 0 Å². The van der Waals surface area contributed by atoms with Gasteiger partial charge in [-0.15, -0.1) is 10.2 Å². The highest BCUT2D eigenvalue weighted by molar-refractivity contribution is 6.19. The minimum atomic E-state index is 0.435. The normalized spacial score (nSPS) is 17.6. The van der Waals surface area contributed by atoms with Gasteiger partial charge < -0.3 is 0 Å². The molecule has 2 fully saturated rings. The van der Waals surface area contributed by atoms with Crippen LogP contribution in [-0.2, 0) is 0 Å². The van der Waals surface area contributed by atoms with E-state index in [1.54, 1.807) is 0 Å². The molecule has 2 aliphatic carbocycles. The lowest BCUT2D eigenvalue weighted by molar-refractivity contribution is 0.440. The molecule has 5 aromatic rings. The first-order chi connectivity index (χ1) is 20.8. The fourth-order valence-electron chi connectivity index (χ4n) is 7.03. The average Bonchev–Trinajstić information content (AvgIpc) is 3.07. The molecule has 2 aliphatic rings. The largest absolute Gasteiger partial charge is 0.252 e. The molecule has 210 valence electrons. The summed E-state index contributed by atoms with van der Waals surface area (Å²) < 4.78 is 0. The zero-order chi connectivity index (χ0) is 28.1. The molecule has 42 heavy (non-hydrogen) atoms. The number of hydrogen-bond acceptors (Lipinski definition) is 4. The summed E-state index contributed by atoms with van der Waals surface area (Å²) in [5, 5.41) is 12.2. The van der Waals surface area contributed by atoms with Crippen molar-refractivity contribution >= 4 is 44.6 Å². The van der Waals surface area contributed by atoms with E-state index in [1.807, 2.05) is 0 Å². The van der Waals surface area contributed by atoms with Gasteiger partial charge in [0.1, 0.15) is 11.0 Å². The van der Waals surface area contributed by atoms with Crippen molar-refractivity contribution in [2.75, 3.05) is 0 Å². The molecule has 7 rings (SSSR count). The first kappa shape index (κ1) is 26.7. The second-order valence-electron chi connectivity index (χ2n) is 11.9. The lowest BCUT2D eigenvalue weighted by atomic mass is 9.82. The van der Waals surface area contributed by atoms with Crippen LogP contribution in [0.2, 0.25) is 0 Å². The summed E-state index contributed by atoms with van der Waals surface area (Å²) in [7, 11) is 0. The van der Waals surface area contributed by atoms with E-state index in [0.717, 1.165) is 55.7 Å². The van der Waals surface area contributed by atoms with Crippen LogP contribution in [0.5, 0.6) is 0 Å². The molecule has 0 atom stereocenters. The van der Waals surface area contributed by atoms with Crippen LogP contribution in [0.15, 0.2) is 107 Å². The Balaban J connectivity index is 1.39. The molecule has 4 aromatic carbocycles. The first-order valence-electron chi connectivity index (χ1n) is 15.8. The number of benzene rings is 4. The van der Waals surface area contributed by atoms with Gasteiger partial charge in [0, 0.05) is 33.7 Å². The predicted octanol–water partition coefficient (Wildman–Crippen LogP) is 10.2. The van der Waals surface area contributed by atoms with E-state index in [4.69, 9.17) is 20.2 Å². The minimum absolute atomic E-state index is 0.435. The molecule has 4 heteroatoms. The summed E-state index contributed by atoms with van der Waals surface area (Å²) in [6, 6.07) is 33.9. The van der Waals surface area contributed by atoms with Crippen LogP contribution < -0.4 is 0 Å². The number of para-hydroxylation sites is 2. The summed E-state index contributed by atoms with van der Waals surface area (Å²) in [5.41, 5.74) is 8.45. The van der Waals surface area contributed by atoms with Gasteiger partial charge in [-0.2, -0.15) is 0 Å². The highest BCUT2D eigenvalue weighted by Crippen LogP contribution is 2.35. The standard InChI is InChI=1S/C38H38N4/c1-5-15-27(16-6-1)35(39-29-19-9-3-10-20-29)33-25-13-23-31-32-24-14-26-34(38(32)42-41-37(31)33)36(28-17-7-2-8-18-28)40-30-21-11-4-12-22-30/h3-4,9-14,19-28H,1-2,5-8,15-18H2/b39-35+,40-36+. The second kappa shape index (κ2) is 12.4. The molecule has 1 aromatic heterocycles. The van der Waals surface area contributed by atoms with Gasteiger partial charge in [-0.1, -0.05) is 111 Å². The average molecular weight is 551 g/mol. The third-order valence-corrected chi connectivity index (χ3v) is 9.16. The SMILES string of the molecule is c1ccc(/N=C(/c2cccc3c2nnc2c(/C(=N/c4ccccc4)C4CCCCC4)cccc23)C2CCCCC2)cc1. The van der Waals surface area contributed by atoms with Gasteiger partial charge in [-0.25, -0.2) is 0 Å². The Morgan fingerprint density at radius 3 is 1.26 bits per heavy atom. The zero-order valence-corrected chi connectivity index (χ0v) is 24.3. The molecule has 0 unspecified atom stereocenters. The van der Waals surface area contributed by atoms with Gasteiger partial charge in [0.15, 0.2) is 0 Å². The van der Waals surface area contributed by atoms with Crippen molar-refractivity contribution in [3.63, 3.8) is 0 Å². The maximum atomic E-state index is 5.27. The second-order valence-corrected chi connectivity index (χ2v) is 11.9.